The summed E-state index contributed by atoms with van der Waals surface area (Å²) in [5.74, 6) is -0.365. The fourth-order valence-corrected chi connectivity index (χ4v) is 2.19. The third-order valence-corrected chi connectivity index (χ3v) is 3.59. The molecule has 6 nitrogen and oxygen atoms in total. The number of benzene rings is 2. The minimum Gasteiger partial charge on any atom is -0.482 e. The van der Waals surface area contributed by atoms with E-state index in [2.05, 4.69) is 5.43 Å². The molecule has 0 aliphatic carbocycles. The van der Waals surface area contributed by atoms with Gasteiger partial charge in [0.05, 0.1) is 10.7 Å². The molecule has 0 radical (unpaired) electrons. The Morgan fingerprint density at radius 3 is 2.29 bits per heavy atom. The zero-order valence-corrected chi connectivity index (χ0v) is 14.4. The maximum absolute atomic E-state index is 12.0. The molecule has 0 saturated heterocycles. The van der Waals surface area contributed by atoms with Crippen molar-refractivity contribution in [3.8, 4) is 5.75 Å². The van der Waals surface area contributed by atoms with Gasteiger partial charge in [0.2, 0.25) is 0 Å². The summed E-state index contributed by atoms with van der Waals surface area (Å²) in [6.07, 6.45) is 0. The second kappa shape index (κ2) is 8.10. The fraction of sp³-hybridized carbons (Fsp3) is 0.0667. The number of nitrogens with zero attached hydrogens (tertiary/aromatic N) is 1. The number of rotatable bonds is 4. The van der Waals surface area contributed by atoms with Gasteiger partial charge in [-0.2, -0.15) is 0 Å². The molecule has 9 heteroatoms. The number of hydrogen-bond acceptors (Lipinski definition) is 3. The Morgan fingerprint density at radius 2 is 1.67 bits per heavy atom. The molecule has 2 aromatic carbocycles. The third-order valence-electron chi connectivity index (χ3n) is 2.79. The molecule has 0 aliphatic heterocycles. The Labute approximate surface area is 153 Å². The molecule has 2 aromatic rings. The van der Waals surface area contributed by atoms with Gasteiger partial charge in [-0.05, 0) is 36.4 Å². The minimum absolute atomic E-state index is 0.247. The van der Waals surface area contributed by atoms with Crippen molar-refractivity contribution in [2.45, 2.75) is 0 Å². The van der Waals surface area contributed by atoms with Crippen LogP contribution < -0.4 is 20.9 Å². The van der Waals surface area contributed by atoms with Crippen LogP contribution in [0.3, 0.4) is 0 Å². The van der Waals surface area contributed by atoms with E-state index in [0.717, 1.165) is 5.01 Å². The Morgan fingerprint density at radius 1 is 1.04 bits per heavy atom. The number of urea groups is 1. The average molecular weight is 389 g/mol. The van der Waals surface area contributed by atoms with Crippen LogP contribution >= 0.6 is 34.8 Å². The largest absolute Gasteiger partial charge is 0.482 e. The number of primary amides is 1. The zero-order chi connectivity index (χ0) is 17.7. The molecule has 3 N–H and O–H groups in total. The predicted molar refractivity (Wildman–Crippen MR) is 93.6 cm³/mol. The molecule has 0 aromatic heterocycles. The van der Waals surface area contributed by atoms with Crippen LogP contribution in [0.25, 0.3) is 0 Å². The normalized spacial score (nSPS) is 10.1. The molecule has 0 aliphatic rings. The second-order valence-corrected chi connectivity index (χ2v) is 5.83. The SMILES string of the molecule is NC(=O)N(NC(=O)COc1cc(Cl)ccc1Cl)c1ccc(Cl)cc1. The Bertz CT molecular complexity index is 753. The molecule has 0 spiro atoms. The lowest BCUT2D eigenvalue weighted by Gasteiger charge is -2.21. The number of hydrogen-bond donors (Lipinski definition) is 2. The van der Waals surface area contributed by atoms with Gasteiger partial charge < -0.3 is 10.5 Å². The van der Waals surface area contributed by atoms with Gasteiger partial charge in [-0.15, -0.1) is 0 Å². The van der Waals surface area contributed by atoms with Crippen LogP contribution in [0.5, 0.6) is 5.75 Å². The number of nitrogens with one attached hydrogen (secondary N) is 1. The van der Waals surface area contributed by atoms with Gasteiger partial charge in [0, 0.05) is 16.1 Å². The lowest BCUT2D eigenvalue weighted by atomic mass is 10.3. The van der Waals surface area contributed by atoms with E-state index in [0.29, 0.717) is 20.8 Å². The van der Waals surface area contributed by atoms with Gasteiger partial charge in [-0.1, -0.05) is 34.8 Å². The summed E-state index contributed by atoms with van der Waals surface area (Å²) in [4.78, 5) is 23.5. The van der Waals surface area contributed by atoms with Gasteiger partial charge in [0.1, 0.15) is 5.75 Å². The molecule has 2 rings (SSSR count). The Kier molecular flexibility index (Phi) is 6.14. The number of nitrogens with two attached hydrogens (primary N) is 1. The highest BCUT2D eigenvalue weighted by Crippen LogP contribution is 2.27. The van der Waals surface area contributed by atoms with Crippen molar-refractivity contribution in [2.75, 3.05) is 11.6 Å². The number of halogens is 3. The van der Waals surface area contributed by atoms with Crippen molar-refractivity contribution >= 4 is 52.4 Å². The van der Waals surface area contributed by atoms with Gasteiger partial charge in [-0.3, -0.25) is 10.2 Å². The Balaban J connectivity index is 2.02. The van der Waals surface area contributed by atoms with Crippen LogP contribution in [-0.2, 0) is 4.79 Å². The van der Waals surface area contributed by atoms with E-state index in [1.807, 2.05) is 0 Å². The van der Waals surface area contributed by atoms with Gasteiger partial charge in [0.15, 0.2) is 6.61 Å². The van der Waals surface area contributed by atoms with Crippen molar-refractivity contribution in [2.24, 2.45) is 5.73 Å². The summed E-state index contributed by atoms with van der Waals surface area (Å²) >= 11 is 17.5. The number of carbonyl (C=O) groups is 2. The van der Waals surface area contributed by atoms with Crippen molar-refractivity contribution in [3.05, 3.63) is 57.5 Å². The summed E-state index contributed by atoms with van der Waals surface area (Å²) in [5.41, 5.74) is 7.95. The van der Waals surface area contributed by atoms with E-state index in [1.54, 1.807) is 24.3 Å². The average Bonchev–Trinajstić information content (AvgIpc) is 2.54. The molecule has 0 heterocycles. The molecule has 0 saturated carbocycles. The molecular weight excluding hydrogens is 377 g/mol. The standard InChI is InChI=1S/C15H12Cl3N3O3/c16-9-1-4-11(5-2-9)21(15(19)23)20-14(22)8-24-13-7-10(17)3-6-12(13)18/h1-7H,8H2,(H2,19,23)(H,20,22). The number of amides is 3. The van der Waals surface area contributed by atoms with Crippen LogP contribution in [0.1, 0.15) is 0 Å². The highest BCUT2D eigenvalue weighted by Gasteiger charge is 2.16. The number of hydrazine groups is 1. The quantitative estimate of drug-likeness (QED) is 0.784. The van der Waals surface area contributed by atoms with E-state index in [1.165, 1.54) is 18.2 Å². The van der Waals surface area contributed by atoms with E-state index < -0.39 is 18.5 Å². The molecule has 3 amide bonds. The highest BCUT2D eigenvalue weighted by molar-refractivity contribution is 6.34. The topological polar surface area (TPSA) is 84.7 Å². The van der Waals surface area contributed by atoms with Crippen molar-refractivity contribution in [1.29, 1.82) is 0 Å². The first kappa shape index (κ1) is 18.2. The summed E-state index contributed by atoms with van der Waals surface area (Å²) in [6.45, 7) is -0.391. The number of ether oxygens (including phenoxy) is 1. The summed E-state index contributed by atoms with van der Waals surface area (Å²) in [7, 11) is 0. The molecule has 126 valence electrons. The molecule has 0 atom stereocenters. The summed E-state index contributed by atoms with van der Waals surface area (Å²) in [5, 5.41) is 2.07. The lowest BCUT2D eigenvalue weighted by Crippen LogP contribution is -2.50. The molecule has 0 bridgehead atoms. The monoisotopic (exact) mass is 387 g/mol. The maximum atomic E-state index is 12.0. The van der Waals surface area contributed by atoms with E-state index in [4.69, 9.17) is 45.3 Å². The van der Waals surface area contributed by atoms with E-state index in [9.17, 15) is 9.59 Å². The number of carbonyl (C=O) groups excluding carboxylic acids is 2. The second-order valence-electron chi connectivity index (χ2n) is 4.55. The Hall–Kier alpha value is -2.15. The van der Waals surface area contributed by atoms with Crippen LogP contribution in [0.2, 0.25) is 15.1 Å². The van der Waals surface area contributed by atoms with Crippen LogP contribution in [0.15, 0.2) is 42.5 Å². The van der Waals surface area contributed by atoms with E-state index >= 15 is 0 Å². The van der Waals surface area contributed by atoms with Crippen LogP contribution in [-0.4, -0.2) is 18.5 Å². The molecule has 0 unspecified atom stereocenters. The maximum Gasteiger partial charge on any atom is 0.338 e. The van der Waals surface area contributed by atoms with Crippen LogP contribution in [0.4, 0.5) is 10.5 Å². The molecule has 24 heavy (non-hydrogen) atoms. The van der Waals surface area contributed by atoms with Crippen molar-refractivity contribution < 1.29 is 14.3 Å². The van der Waals surface area contributed by atoms with Gasteiger partial charge in [-0.25, -0.2) is 9.80 Å². The van der Waals surface area contributed by atoms with Crippen molar-refractivity contribution in [1.82, 2.24) is 5.43 Å². The van der Waals surface area contributed by atoms with Gasteiger partial charge >= 0.3 is 6.03 Å². The summed E-state index contributed by atoms with van der Waals surface area (Å²) in [6, 6.07) is 9.91. The first-order chi connectivity index (χ1) is 11.4. The minimum atomic E-state index is -0.869. The fourth-order valence-electron chi connectivity index (χ4n) is 1.73. The molecule has 0 fully saturated rings. The smallest absolute Gasteiger partial charge is 0.338 e. The predicted octanol–water partition coefficient (Wildman–Crippen LogP) is 3.64. The van der Waals surface area contributed by atoms with Crippen LogP contribution in [0, 0.1) is 0 Å². The van der Waals surface area contributed by atoms with E-state index in [-0.39, 0.29) is 5.75 Å². The first-order valence-corrected chi connectivity index (χ1v) is 7.72. The zero-order valence-electron chi connectivity index (χ0n) is 12.1. The van der Waals surface area contributed by atoms with Crippen molar-refractivity contribution in [3.63, 3.8) is 0 Å². The number of anilines is 1. The first-order valence-electron chi connectivity index (χ1n) is 6.59. The highest BCUT2D eigenvalue weighted by atomic mass is 35.5. The summed E-state index contributed by atoms with van der Waals surface area (Å²) < 4.78 is 5.29. The third kappa shape index (κ3) is 4.92. The lowest BCUT2D eigenvalue weighted by molar-refractivity contribution is -0.123. The van der Waals surface area contributed by atoms with Gasteiger partial charge in [0.25, 0.3) is 5.91 Å². The molecular formula is C15H12Cl3N3O3.